The maximum atomic E-state index is 12.6. The highest BCUT2D eigenvalue weighted by atomic mass is 16.6. The van der Waals surface area contributed by atoms with Crippen LogP contribution in [0.2, 0.25) is 0 Å². The third kappa shape index (κ3) is 4.42. The molecule has 0 fully saturated rings. The minimum atomic E-state index is -0.791. The smallest absolute Gasteiger partial charge is 0.282 e. The predicted molar refractivity (Wildman–Crippen MR) is 117 cm³/mol. The number of hydrogen-bond donors (Lipinski definition) is 2. The molecule has 0 spiro atoms. The first-order chi connectivity index (χ1) is 14.9. The fraction of sp³-hybridized carbons (Fsp3) is 0.304. The monoisotopic (exact) mass is 423 g/mol. The van der Waals surface area contributed by atoms with Gasteiger partial charge in [0.25, 0.3) is 5.69 Å². The van der Waals surface area contributed by atoms with Gasteiger partial charge in [0.15, 0.2) is 0 Å². The van der Waals surface area contributed by atoms with E-state index in [0.29, 0.717) is 24.2 Å². The summed E-state index contributed by atoms with van der Waals surface area (Å²) in [6.07, 6.45) is 3.35. The van der Waals surface area contributed by atoms with Crippen molar-refractivity contribution in [2.24, 2.45) is 0 Å². The fourth-order valence-corrected chi connectivity index (χ4v) is 3.70. The number of nitro groups is 1. The zero-order valence-corrected chi connectivity index (χ0v) is 17.7. The highest BCUT2D eigenvalue weighted by Crippen LogP contribution is 2.43. The number of aromatic nitrogens is 1. The van der Waals surface area contributed by atoms with Crippen LogP contribution in [0, 0.1) is 17.0 Å². The first-order valence-electron chi connectivity index (χ1n) is 10.1. The van der Waals surface area contributed by atoms with E-state index in [2.05, 4.69) is 10.3 Å². The van der Waals surface area contributed by atoms with Gasteiger partial charge in [0.05, 0.1) is 23.5 Å². The van der Waals surface area contributed by atoms with E-state index in [-0.39, 0.29) is 39.4 Å². The molecule has 0 aliphatic heterocycles. The number of pyridine rings is 1. The minimum Gasteiger partial charge on any atom is -0.505 e. The molecule has 1 heterocycles. The molecule has 162 valence electrons. The number of phenolic OH excluding ortho intramolecular Hbond substituents is 1. The lowest BCUT2D eigenvalue weighted by molar-refractivity contribution is -0.383. The van der Waals surface area contributed by atoms with Crippen LogP contribution in [0.5, 0.6) is 11.5 Å². The van der Waals surface area contributed by atoms with Crippen LogP contribution < -0.4 is 10.1 Å². The van der Waals surface area contributed by atoms with Gasteiger partial charge in [-0.1, -0.05) is 25.5 Å². The molecule has 8 heteroatoms. The molecule has 0 radical (unpaired) electrons. The second kappa shape index (κ2) is 9.42. The average molecular weight is 423 g/mol. The van der Waals surface area contributed by atoms with Crippen molar-refractivity contribution in [3.63, 3.8) is 0 Å². The van der Waals surface area contributed by atoms with E-state index in [0.717, 1.165) is 6.42 Å². The summed E-state index contributed by atoms with van der Waals surface area (Å²) in [5, 5.41) is 26.2. The lowest BCUT2D eigenvalue weighted by atomic mass is 9.90. The summed E-state index contributed by atoms with van der Waals surface area (Å²) in [7, 11) is 1.55. The minimum absolute atomic E-state index is 0.121. The number of phenols is 1. The number of fused-ring (bicyclic) bond motifs is 1. The van der Waals surface area contributed by atoms with Crippen molar-refractivity contribution >= 4 is 22.5 Å². The number of carbonyl (C=O) groups excluding carboxylic acids is 1. The van der Waals surface area contributed by atoms with Gasteiger partial charge >= 0.3 is 0 Å². The first kappa shape index (κ1) is 22.0. The Hall–Kier alpha value is -3.68. The van der Waals surface area contributed by atoms with Crippen LogP contribution in [0.4, 0.5) is 5.69 Å². The number of nitrogens with one attached hydrogen (secondary N) is 1. The molecule has 0 saturated carbocycles. The van der Waals surface area contributed by atoms with Crippen molar-refractivity contribution in [2.75, 3.05) is 7.11 Å². The van der Waals surface area contributed by atoms with Crippen LogP contribution in [0.15, 0.2) is 42.6 Å². The number of nitro benzene ring substituents is 1. The fourth-order valence-electron chi connectivity index (χ4n) is 3.70. The Balaban J connectivity index is 2.24. The van der Waals surface area contributed by atoms with Gasteiger partial charge in [-0.15, -0.1) is 0 Å². The highest BCUT2D eigenvalue weighted by molar-refractivity contribution is 5.95. The van der Waals surface area contributed by atoms with Crippen LogP contribution in [0.1, 0.15) is 48.9 Å². The van der Waals surface area contributed by atoms with Crippen LogP contribution >= 0.6 is 0 Å². The largest absolute Gasteiger partial charge is 0.505 e. The van der Waals surface area contributed by atoms with Gasteiger partial charge in [-0.3, -0.25) is 19.9 Å². The molecule has 0 saturated heterocycles. The SMILES string of the molecule is CCCCC(=O)NC(c1ccc(OC)cc1)c1c(C)c([N+](=O)[O-])c2cccnc2c1O. The van der Waals surface area contributed by atoms with Gasteiger partial charge in [-0.25, -0.2) is 0 Å². The van der Waals surface area contributed by atoms with Crippen LogP contribution in [-0.2, 0) is 4.79 Å². The van der Waals surface area contributed by atoms with Gasteiger partial charge in [-0.05, 0) is 43.2 Å². The molecule has 8 nitrogen and oxygen atoms in total. The molecule has 3 rings (SSSR count). The van der Waals surface area contributed by atoms with Gasteiger partial charge in [0, 0.05) is 23.7 Å². The number of benzene rings is 2. The normalized spacial score (nSPS) is 11.8. The third-order valence-electron chi connectivity index (χ3n) is 5.28. The van der Waals surface area contributed by atoms with Gasteiger partial charge in [-0.2, -0.15) is 0 Å². The third-order valence-corrected chi connectivity index (χ3v) is 5.28. The summed E-state index contributed by atoms with van der Waals surface area (Å²) in [6, 6.07) is 9.34. The number of carbonyl (C=O) groups is 1. The Morgan fingerprint density at radius 1 is 1.29 bits per heavy atom. The lowest BCUT2D eigenvalue weighted by Crippen LogP contribution is -2.30. The number of aromatic hydroxyl groups is 1. The number of rotatable bonds is 8. The number of hydrogen-bond acceptors (Lipinski definition) is 6. The van der Waals surface area contributed by atoms with E-state index in [1.165, 1.54) is 6.20 Å². The number of unbranched alkanes of at least 4 members (excludes halogenated alkanes) is 1. The molecule has 31 heavy (non-hydrogen) atoms. The summed E-state index contributed by atoms with van der Waals surface area (Å²) in [4.78, 5) is 28.2. The Morgan fingerprint density at radius 3 is 2.61 bits per heavy atom. The molecule has 0 aliphatic rings. The number of amides is 1. The summed E-state index contributed by atoms with van der Waals surface area (Å²) in [5.41, 5.74) is 1.18. The summed E-state index contributed by atoms with van der Waals surface area (Å²) in [5.74, 6) is 0.243. The Labute approximate surface area is 180 Å². The molecule has 0 aliphatic carbocycles. The predicted octanol–water partition coefficient (Wildman–Crippen LogP) is 4.56. The van der Waals surface area contributed by atoms with E-state index in [1.54, 1.807) is 50.4 Å². The van der Waals surface area contributed by atoms with Crippen molar-refractivity contribution in [1.29, 1.82) is 0 Å². The highest BCUT2D eigenvalue weighted by Gasteiger charge is 2.30. The Kier molecular flexibility index (Phi) is 6.69. The molecule has 1 atom stereocenters. The lowest BCUT2D eigenvalue weighted by Gasteiger charge is -2.23. The van der Waals surface area contributed by atoms with Crippen molar-refractivity contribution in [3.05, 3.63) is 69.4 Å². The van der Waals surface area contributed by atoms with Crippen LogP contribution in [0.25, 0.3) is 10.9 Å². The Bertz CT molecular complexity index is 1110. The number of nitrogens with zero attached hydrogens (tertiary/aromatic N) is 2. The van der Waals surface area contributed by atoms with Gasteiger partial charge in [0.2, 0.25) is 5.91 Å². The first-order valence-corrected chi connectivity index (χ1v) is 10.1. The molecule has 3 aromatic rings. The van der Waals surface area contributed by atoms with Crippen LogP contribution in [-0.4, -0.2) is 28.0 Å². The molecule has 1 unspecified atom stereocenters. The molecule has 2 aromatic carbocycles. The zero-order chi connectivity index (χ0) is 22.5. The molecule has 1 aromatic heterocycles. The van der Waals surface area contributed by atoms with E-state index in [4.69, 9.17) is 4.74 Å². The summed E-state index contributed by atoms with van der Waals surface area (Å²) >= 11 is 0. The van der Waals surface area contributed by atoms with Crippen molar-refractivity contribution in [2.45, 2.75) is 39.2 Å². The van der Waals surface area contributed by atoms with E-state index in [9.17, 15) is 20.0 Å². The Morgan fingerprint density at radius 2 is 2.00 bits per heavy atom. The van der Waals surface area contributed by atoms with Crippen LogP contribution in [0.3, 0.4) is 0 Å². The molecule has 2 N–H and O–H groups in total. The van der Waals surface area contributed by atoms with Crippen molar-refractivity contribution in [3.8, 4) is 11.5 Å². The maximum Gasteiger partial charge on any atom is 0.282 e. The average Bonchev–Trinajstić information content (AvgIpc) is 2.77. The number of ether oxygens (including phenoxy) is 1. The van der Waals surface area contributed by atoms with E-state index < -0.39 is 11.0 Å². The number of methoxy groups -OCH3 is 1. The van der Waals surface area contributed by atoms with E-state index in [1.807, 2.05) is 6.92 Å². The molecule has 0 bridgehead atoms. The van der Waals surface area contributed by atoms with Crippen molar-refractivity contribution < 1.29 is 19.6 Å². The molecular formula is C23H25N3O5. The topological polar surface area (TPSA) is 115 Å². The quantitative estimate of drug-likeness (QED) is 0.405. The van der Waals surface area contributed by atoms with Gasteiger partial charge in [0.1, 0.15) is 17.0 Å². The standard InChI is InChI=1S/C23H25N3O5/c1-4-5-8-18(27)25-20(15-9-11-16(31-3)12-10-15)19-14(2)22(26(29)30)17-7-6-13-24-21(17)23(19)28/h6-7,9-13,20,28H,4-5,8H2,1-3H3,(H,25,27). The molecular weight excluding hydrogens is 398 g/mol. The van der Waals surface area contributed by atoms with Gasteiger partial charge < -0.3 is 15.2 Å². The van der Waals surface area contributed by atoms with E-state index >= 15 is 0 Å². The molecule has 1 amide bonds. The maximum absolute atomic E-state index is 12.6. The second-order valence-corrected chi connectivity index (χ2v) is 7.27. The summed E-state index contributed by atoms with van der Waals surface area (Å²) < 4.78 is 5.21. The summed E-state index contributed by atoms with van der Waals surface area (Å²) in [6.45, 7) is 3.57. The zero-order valence-electron chi connectivity index (χ0n) is 17.7. The van der Waals surface area contributed by atoms with Crippen molar-refractivity contribution in [1.82, 2.24) is 10.3 Å². The second-order valence-electron chi connectivity index (χ2n) is 7.27.